The van der Waals surface area contributed by atoms with Crippen LogP contribution in [0.3, 0.4) is 0 Å². The number of carbonyl (C=O) groups excluding carboxylic acids is 1. The number of ether oxygens (including phenoxy) is 7. The van der Waals surface area contributed by atoms with E-state index in [1.165, 1.54) is 45.4 Å². The maximum atomic E-state index is 12.9. The number of phenolic OH excluding ortho intramolecular Hbond substituents is 2. The van der Waals surface area contributed by atoms with Crippen molar-refractivity contribution in [3.8, 4) is 23.0 Å². The topological polar surface area (TPSA) is 223 Å². The molecule has 0 radical (unpaired) electrons. The lowest BCUT2D eigenvalue weighted by Crippen LogP contribution is -2.65. The third-order valence-corrected chi connectivity index (χ3v) is 7.68. The fourth-order valence-corrected chi connectivity index (χ4v) is 5.09. The predicted octanol–water partition coefficient (Wildman–Crippen LogP) is -0.410. The Bertz CT molecular complexity index is 1340. The second kappa shape index (κ2) is 15.9. The first kappa shape index (κ1) is 35.3. The van der Waals surface area contributed by atoms with Crippen molar-refractivity contribution < 1.29 is 73.7 Å². The van der Waals surface area contributed by atoms with Gasteiger partial charge in [0.1, 0.15) is 36.6 Å². The van der Waals surface area contributed by atoms with Crippen LogP contribution in [-0.2, 0) is 34.9 Å². The van der Waals surface area contributed by atoms with E-state index in [-0.39, 0.29) is 36.0 Å². The van der Waals surface area contributed by atoms with E-state index < -0.39 is 74.0 Å². The van der Waals surface area contributed by atoms with Gasteiger partial charge in [-0.3, -0.25) is 0 Å². The van der Waals surface area contributed by atoms with Gasteiger partial charge < -0.3 is 68.9 Å². The van der Waals surface area contributed by atoms with Crippen molar-refractivity contribution in [3.63, 3.8) is 0 Å². The monoisotopic (exact) mass is 652 g/mol. The van der Waals surface area contributed by atoms with Crippen LogP contribution in [0.25, 0.3) is 6.08 Å². The number of rotatable bonds is 12. The Morgan fingerprint density at radius 3 is 2.15 bits per heavy atom. The van der Waals surface area contributed by atoms with Crippen LogP contribution in [0.5, 0.6) is 23.0 Å². The Kier molecular flexibility index (Phi) is 12.2. The molecule has 2 saturated heterocycles. The van der Waals surface area contributed by atoms with E-state index in [1.807, 2.05) is 0 Å². The van der Waals surface area contributed by atoms with E-state index in [4.69, 9.17) is 33.2 Å². The molecule has 2 heterocycles. The van der Waals surface area contributed by atoms with Crippen molar-refractivity contribution in [3.05, 3.63) is 53.6 Å². The number of hydrogen-bond acceptors (Lipinski definition) is 15. The highest BCUT2D eigenvalue weighted by Crippen LogP contribution is 2.32. The predicted molar refractivity (Wildman–Crippen MR) is 157 cm³/mol. The second-order valence-electron chi connectivity index (χ2n) is 10.8. The zero-order valence-electron chi connectivity index (χ0n) is 25.4. The molecule has 46 heavy (non-hydrogen) atoms. The summed E-state index contributed by atoms with van der Waals surface area (Å²) in [6.45, 7) is 0.707. The minimum atomic E-state index is -1.75. The van der Waals surface area contributed by atoms with E-state index in [0.717, 1.165) is 6.08 Å². The summed E-state index contributed by atoms with van der Waals surface area (Å²) in [5.41, 5.74) is 1.11. The molecule has 0 spiro atoms. The molecule has 4 rings (SSSR count). The first-order chi connectivity index (χ1) is 22.0. The largest absolute Gasteiger partial charge is 0.504 e. The molecule has 2 aromatic carbocycles. The molecule has 10 atom stereocenters. The van der Waals surface area contributed by atoms with E-state index in [1.54, 1.807) is 18.2 Å². The van der Waals surface area contributed by atoms with Crippen molar-refractivity contribution in [2.75, 3.05) is 27.4 Å². The number of aliphatic hydroxyl groups excluding tert-OH is 5. The molecule has 7 N–H and O–H groups in total. The Morgan fingerprint density at radius 1 is 0.848 bits per heavy atom. The van der Waals surface area contributed by atoms with Crippen molar-refractivity contribution in [1.82, 2.24) is 0 Å². The lowest BCUT2D eigenvalue weighted by Gasteiger charge is -2.46. The number of aliphatic hydroxyl groups is 5. The SMILES string of the molecule is COc1ccc(C=CC(=O)O[C@H]2[C@H](O[C@@H]3O[C@@H](C)[C@H](O)[C@@H](O)[C@H]3O)[C@@H](O)[C@H](OCCc3ccc(OC)c(O)c3)O[C@@H]2CO)cc1O. The van der Waals surface area contributed by atoms with Crippen LogP contribution in [0.1, 0.15) is 18.1 Å². The van der Waals surface area contributed by atoms with Crippen LogP contribution in [0.15, 0.2) is 42.5 Å². The Labute approximate surface area is 264 Å². The van der Waals surface area contributed by atoms with E-state index in [0.29, 0.717) is 11.1 Å². The number of esters is 1. The van der Waals surface area contributed by atoms with Crippen LogP contribution in [-0.4, -0.2) is 131 Å². The summed E-state index contributed by atoms with van der Waals surface area (Å²) < 4.78 is 38.5. The van der Waals surface area contributed by atoms with Gasteiger partial charge in [-0.05, 0) is 54.8 Å². The van der Waals surface area contributed by atoms with E-state index in [9.17, 15) is 40.5 Å². The minimum Gasteiger partial charge on any atom is -0.504 e. The second-order valence-corrected chi connectivity index (χ2v) is 10.8. The maximum absolute atomic E-state index is 12.9. The summed E-state index contributed by atoms with van der Waals surface area (Å²) in [5.74, 6) is -0.637. The number of methoxy groups -OCH3 is 2. The molecule has 0 amide bonds. The van der Waals surface area contributed by atoms with Gasteiger partial charge in [-0.1, -0.05) is 12.1 Å². The summed E-state index contributed by atoms with van der Waals surface area (Å²) in [4.78, 5) is 12.9. The normalized spacial score (nSPS) is 31.5. The third kappa shape index (κ3) is 8.25. The molecule has 0 bridgehead atoms. The summed E-state index contributed by atoms with van der Waals surface area (Å²) in [6.07, 6.45) is -12.1. The highest BCUT2D eigenvalue weighted by atomic mass is 16.7. The lowest BCUT2D eigenvalue weighted by molar-refractivity contribution is -0.357. The Hall–Kier alpha value is -3.51. The minimum absolute atomic E-state index is 0.0231. The van der Waals surface area contributed by atoms with Gasteiger partial charge in [-0.2, -0.15) is 0 Å². The molecule has 2 aliphatic rings. The van der Waals surface area contributed by atoms with Crippen LogP contribution in [0, 0.1) is 0 Å². The van der Waals surface area contributed by atoms with Gasteiger partial charge >= 0.3 is 5.97 Å². The fourth-order valence-electron chi connectivity index (χ4n) is 5.09. The van der Waals surface area contributed by atoms with Crippen molar-refractivity contribution >= 4 is 12.0 Å². The Balaban J connectivity index is 1.52. The molecule has 2 aliphatic heterocycles. The van der Waals surface area contributed by atoms with Gasteiger partial charge in [-0.25, -0.2) is 4.79 Å². The zero-order chi connectivity index (χ0) is 33.5. The smallest absolute Gasteiger partial charge is 0.331 e. The van der Waals surface area contributed by atoms with Gasteiger partial charge in [0.05, 0.1) is 33.5 Å². The molecule has 15 heteroatoms. The van der Waals surface area contributed by atoms with E-state index >= 15 is 0 Å². The molecular formula is C31H40O15. The van der Waals surface area contributed by atoms with Crippen LogP contribution < -0.4 is 9.47 Å². The van der Waals surface area contributed by atoms with Crippen LogP contribution in [0.4, 0.5) is 0 Å². The molecule has 2 fully saturated rings. The number of hydrogen-bond donors (Lipinski definition) is 7. The molecular weight excluding hydrogens is 612 g/mol. The molecule has 0 unspecified atom stereocenters. The number of phenols is 2. The van der Waals surface area contributed by atoms with E-state index in [2.05, 4.69) is 0 Å². The van der Waals surface area contributed by atoms with Gasteiger partial charge in [0.2, 0.25) is 0 Å². The lowest BCUT2D eigenvalue weighted by atomic mass is 9.97. The highest BCUT2D eigenvalue weighted by Gasteiger charge is 2.52. The number of aromatic hydroxyl groups is 2. The molecule has 254 valence electrons. The molecule has 0 saturated carbocycles. The van der Waals surface area contributed by atoms with Crippen LogP contribution in [0.2, 0.25) is 0 Å². The fraction of sp³-hybridized carbons (Fsp3) is 0.516. The van der Waals surface area contributed by atoms with Gasteiger partial charge in [0.25, 0.3) is 0 Å². The molecule has 2 aromatic rings. The first-order valence-electron chi connectivity index (χ1n) is 14.5. The summed E-state index contributed by atoms with van der Waals surface area (Å²) in [7, 11) is 2.81. The third-order valence-electron chi connectivity index (χ3n) is 7.68. The maximum Gasteiger partial charge on any atom is 0.331 e. The molecule has 0 aliphatic carbocycles. The van der Waals surface area contributed by atoms with Crippen molar-refractivity contribution in [2.24, 2.45) is 0 Å². The number of carbonyl (C=O) groups is 1. The van der Waals surface area contributed by atoms with Crippen molar-refractivity contribution in [1.29, 1.82) is 0 Å². The average molecular weight is 653 g/mol. The summed E-state index contributed by atoms with van der Waals surface area (Å²) in [5, 5.41) is 72.5. The average Bonchev–Trinajstić information content (AvgIpc) is 3.04. The van der Waals surface area contributed by atoms with Gasteiger partial charge in [-0.15, -0.1) is 0 Å². The molecule has 0 aromatic heterocycles. The zero-order valence-corrected chi connectivity index (χ0v) is 25.4. The first-order valence-corrected chi connectivity index (χ1v) is 14.5. The van der Waals surface area contributed by atoms with Crippen molar-refractivity contribution in [2.45, 2.75) is 74.8 Å². The van der Waals surface area contributed by atoms with Gasteiger partial charge in [0, 0.05) is 6.08 Å². The molecule has 15 nitrogen and oxygen atoms in total. The highest BCUT2D eigenvalue weighted by molar-refractivity contribution is 5.87. The number of benzene rings is 2. The van der Waals surface area contributed by atoms with Gasteiger partial charge in [0.15, 0.2) is 41.7 Å². The summed E-state index contributed by atoms with van der Waals surface area (Å²) in [6, 6.07) is 9.21. The Morgan fingerprint density at radius 2 is 1.52 bits per heavy atom. The quantitative estimate of drug-likeness (QED) is 0.114. The summed E-state index contributed by atoms with van der Waals surface area (Å²) >= 11 is 0. The van der Waals surface area contributed by atoms with Crippen LogP contribution >= 0.6 is 0 Å². The standard InChI is InChI=1S/C31H40O15/c1-15-24(36)25(37)26(38)31(43-15)46-29-27(39)30(42-11-10-17-5-8-21(41-3)19(34)13-17)44-22(14-32)28(29)45-23(35)9-6-16-4-7-20(40-2)18(33)12-16/h4-9,12-13,15,22,24-34,36-39H,10-11,14H2,1-3H3/t15-,22+,24-,25+,26+,27+,28+,29+,30+,31-/m0/s1.